The molecule has 0 spiro atoms. The van der Waals surface area contributed by atoms with Crippen LogP contribution in [0.5, 0.6) is 0 Å². The van der Waals surface area contributed by atoms with E-state index in [1.54, 1.807) is 0 Å². The molecule has 1 aromatic rings. The first-order valence-electron chi connectivity index (χ1n) is 6.99. The summed E-state index contributed by atoms with van der Waals surface area (Å²) in [7, 11) is 0. The molecule has 1 aliphatic rings. The average molecular weight is 346 g/mol. The largest absolute Gasteiger partial charge is 0.378 e. The fourth-order valence-electron chi connectivity index (χ4n) is 3.83. The van der Waals surface area contributed by atoms with E-state index in [2.05, 4.69) is 48.9 Å². The normalized spacial score (nSPS) is 21.8. The van der Waals surface area contributed by atoms with Gasteiger partial charge in [-0.2, -0.15) is 0 Å². The third-order valence-corrected chi connectivity index (χ3v) is 4.37. The summed E-state index contributed by atoms with van der Waals surface area (Å²) in [6.45, 7) is 8.88. The molecule has 0 aliphatic heterocycles. The number of hydrogen-bond donors (Lipinski definition) is 1. The van der Waals surface area contributed by atoms with E-state index < -0.39 is 11.6 Å². The van der Waals surface area contributed by atoms with Crippen LogP contribution in [-0.2, 0) is 0 Å². The molecule has 112 valence electrons. The maximum atomic E-state index is 13.9. The fraction of sp³-hybridized carbons (Fsp3) is 0.625. The SMILES string of the molecule is CC1(C)CC(Nc2c(F)cc(Br)cc2F)CC(C)(C)C1. The van der Waals surface area contributed by atoms with Gasteiger partial charge in [-0.05, 0) is 42.2 Å². The van der Waals surface area contributed by atoms with Gasteiger partial charge in [0.25, 0.3) is 0 Å². The van der Waals surface area contributed by atoms with Crippen LogP contribution in [0.1, 0.15) is 47.0 Å². The van der Waals surface area contributed by atoms with E-state index in [0.29, 0.717) is 4.47 Å². The Kier molecular flexibility index (Phi) is 4.16. The predicted molar refractivity (Wildman–Crippen MR) is 82.9 cm³/mol. The van der Waals surface area contributed by atoms with Crippen LogP contribution in [0, 0.1) is 22.5 Å². The van der Waals surface area contributed by atoms with Gasteiger partial charge in [0.15, 0.2) is 0 Å². The lowest BCUT2D eigenvalue weighted by Crippen LogP contribution is -2.40. The Hall–Kier alpha value is -0.640. The van der Waals surface area contributed by atoms with Crippen molar-refractivity contribution in [1.82, 2.24) is 0 Å². The molecule has 0 unspecified atom stereocenters. The fourth-order valence-corrected chi connectivity index (χ4v) is 4.23. The van der Waals surface area contributed by atoms with Crippen molar-refractivity contribution in [2.24, 2.45) is 10.8 Å². The Morgan fingerprint density at radius 1 is 1.05 bits per heavy atom. The van der Waals surface area contributed by atoms with Gasteiger partial charge in [-0.1, -0.05) is 43.6 Å². The minimum absolute atomic E-state index is 0.00769. The van der Waals surface area contributed by atoms with E-state index in [-0.39, 0.29) is 22.6 Å². The standard InChI is InChI=1S/C16H22BrF2N/c1-15(2)7-11(8-16(3,4)9-15)20-14-12(18)5-10(17)6-13(14)19/h5-6,11,20H,7-9H2,1-4H3. The summed E-state index contributed by atoms with van der Waals surface area (Å²) in [6.07, 6.45) is 2.97. The van der Waals surface area contributed by atoms with Crippen molar-refractivity contribution in [1.29, 1.82) is 0 Å². The van der Waals surface area contributed by atoms with E-state index in [0.717, 1.165) is 19.3 Å². The molecular formula is C16H22BrF2N. The van der Waals surface area contributed by atoms with Crippen molar-refractivity contribution < 1.29 is 8.78 Å². The first-order chi connectivity index (χ1) is 9.08. The molecule has 0 amide bonds. The van der Waals surface area contributed by atoms with E-state index in [4.69, 9.17) is 0 Å². The second-order valence-electron chi connectivity index (χ2n) is 7.50. The highest BCUT2D eigenvalue weighted by Crippen LogP contribution is 2.46. The maximum Gasteiger partial charge on any atom is 0.150 e. The van der Waals surface area contributed by atoms with Crippen molar-refractivity contribution in [2.75, 3.05) is 5.32 Å². The smallest absolute Gasteiger partial charge is 0.150 e. The summed E-state index contributed by atoms with van der Waals surface area (Å²) >= 11 is 3.10. The number of halogens is 3. The summed E-state index contributed by atoms with van der Waals surface area (Å²) < 4.78 is 28.3. The van der Waals surface area contributed by atoms with Crippen molar-refractivity contribution in [3.63, 3.8) is 0 Å². The van der Waals surface area contributed by atoms with Gasteiger partial charge in [-0.3, -0.25) is 0 Å². The van der Waals surface area contributed by atoms with Crippen molar-refractivity contribution in [3.8, 4) is 0 Å². The number of anilines is 1. The van der Waals surface area contributed by atoms with E-state index in [9.17, 15) is 8.78 Å². The molecule has 0 atom stereocenters. The first kappa shape index (κ1) is 15.7. The topological polar surface area (TPSA) is 12.0 Å². The molecule has 4 heteroatoms. The monoisotopic (exact) mass is 345 g/mol. The van der Waals surface area contributed by atoms with Gasteiger partial charge in [0, 0.05) is 10.5 Å². The molecule has 1 nitrogen and oxygen atoms in total. The Morgan fingerprint density at radius 2 is 1.50 bits per heavy atom. The number of rotatable bonds is 2. The van der Waals surface area contributed by atoms with Crippen LogP contribution in [0.15, 0.2) is 16.6 Å². The minimum Gasteiger partial charge on any atom is -0.378 e. The molecule has 20 heavy (non-hydrogen) atoms. The van der Waals surface area contributed by atoms with Gasteiger partial charge in [0.2, 0.25) is 0 Å². The molecule has 0 aromatic heterocycles. The van der Waals surface area contributed by atoms with E-state index in [1.165, 1.54) is 12.1 Å². The van der Waals surface area contributed by atoms with E-state index >= 15 is 0 Å². The Balaban J connectivity index is 2.22. The predicted octanol–water partition coefficient (Wildman–Crippen LogP) is 5.74. The molecule has 0 saturated heterocycles. The molecule has 0 radical (unpaired) electrons. The van der Waals surface area contributed by atoms with Crippen LogP contribution >= 0.6 is 15.9 Å². The summed E-state index contributed by atoms with van der Waals surface area (Å²) in [5.74, 6) is -1.09. The van der Waals surface area contributed by atoms with Crippen LogP contribution in [0.2, 0.25) is 0 Å². The lowest BCUT2D eigenvalue weighted by atomic mass is 9.63. The molecule has 0 bridgehead atoms. The van der Waals surface area contributed by atoms with Gasteiger partial charge < -0.3 is 5.32 Å². The van der Waals surface area contributed by atoms with Crippen LogP contribution < -0.4 is 5.32 Å². The molecule has 1 aromatic carbocycles. The zero-order valence-corrected chi connectivity index (χ0v) is 14.1. The second kappa shape index (κ2) is 5.28. The molecule has 2 rings (SSSR count). The van der Waals surface area contributed by atoms with Crippen LogP contribution in [0.4, 0.5) is 14.5 Å². The molecule has 1 aliphatic carbocycles. The van der Waals surface area contributed by atoms with Crippen molar-refractivity contribution >= 4 is 21.6 Å². The summed E-state index contributed by atoms with van der Waals surface area (Å²) in [5.41, 5.74) is 0.357. The quantitative estimate of drug-likeness (QED) is 0.720. The van der Waals surface area contributed by atoms with Gasteiger partial charge in [0.05, 0.1) is 0 Å². The van der Waals surface area contributed by atoms with Crippen molar-refractivity contribution in [3.05, 3.63) is 28.2 Å². The zero-order chi connectivity index (χ0) is 15.1. The Labute approximate surface area is 128 Å². The molecular weight excluding hydrogens is 324 g/mol. The van der Waals surface area contributed by atoms with Crippen molar-refractivity contribution in [2.45, 2.75) is 53.0 Å². The average Bonchev–Trinajstić information content (AvgIpc) is 2.18. The number of benzene rings is 1. The molecule has 1 N–H and O–H groups in total. The van der Waals surface area contributed by atoms with Crippen LogP contribution in [0.25, 0.3) is 0 Å². The third kappa shape index (κ3) is 3.72. The van der Waals surface area contributed by atoms with Gasteiger partial charge in [-0.25, -0.2) is 8.78 Å². The van der Waals surface area contributed by atoms with E-state index in [1.807, 2.05) is 0 Å². The van der Waals surface area contributed by atoms with Crippen LogP contribution in [0.3, 0.4) is 0 Å². The second-order valence-corrected chi connectivity index (χ2v) is 8.41. The lowest BCUT2D eigenvalue weighted by Gasteiger charge is -2.45. The zero-order valence-electron chi connectivity index (χ0n) is 12.5. The van der Waals surface area contributed by atoms with Crippen LogP contribution in [-0.4, -0.2) is 6.04 Å². The molecule has 0 heterocycles. The lowest BCUT2D eigenvalue weighted by molar-refractivity contribution is 0.105. The van der Waals surface area contributed by atoms with Gasteiger partial charge in [0.1, 0.15) is 17.3 Å². The summed E-state index contributed by atoms with van der Waals surface area (Å²) in [5, 5.41) is 3.09. The minimum atomic E-state index is -0.543. The highest BCUT2D eigenvalue weighted by atomic mass is 79.9. The Bertz CT molecular complexity index is 472. The molecule has 1 saturated carbocycles. The first-order valence-corrected chi connectivity index (χ1v) is 7.78. The van der Waals surface area contributed by atoms with Gasteiger partial charge in [-0.15, -0.1) is 0 Å². The highest BCUT2D eigenvalue weighted by molar-refractivity contribution is 9.10. The maximum absolute atomic E-state index is 13.9. The summed E-state index contributed by atoms with van der Waals surface area (Å²) in [6, 6.07) is 2.69. The van der Waals surface area contributed by atoms with Gasteiger partial charge >= 0.3 is 0 Å². The Morgan fingerprint density at radius 3 is 1.95 bits per heavy atom. The number of hydrogen-bond acceptors (Lipinski definition) is 1. The highest BCUT2D eigenvalue weighted by Gasteiger charge is 2.38. The summed E-state index contributed by atoms with van der Waals surface area (Å²) in [4.78, 5) is 0. The third-order valence-electron chi connectivity index (χ3n) is 3.91. The number of nitrogens with one attached hydrogen (secondary N) is 1. The molecule has 1 fully saturated rings.